The number of ketones is 1. The van der Waals surface area contributed by atoms with Crippen LogP contribution in [0, 0.1) is 0 Å². The molecule has 4 nitrogen and oxygen atoms in total. The smallest absolute Gasteiger partial charge is 0.159 e. The molecule has 0 fully saturated rings. The third-order valence-corrected chi connectivity index (χ3v) is 5.35. The summed E-state index contributed by atoms with van der Waals surface area (Å²) in [6.07, 6.45) is 4.81. The first-order valence-electron chi connectivity index (χ1n) is 9.35. The predicted octanol–water partition coefficient (Wildman–Crippen LogP) is 6.03. The third-order valence-electron chi connectivity index (χ3n) is 4.33. The molecule has 0 radical (unpaired) electrons. The van der Waals surface area contributed by atoms with Crippen LogP contribution in [0.4, 0.5) is 0 Å². The van der Waals surface area contributed by atoms with E-state index in [1.807, 2.05) is 48.5 Å². The number of benzene rings is 2. The minimum Gasteiger partial charge on any atom is -0.494 e. The molecule has 2 aromatic carbocycles. The topological polar surface area (TPSA) is 52.1 Å². The number of hydrogen-bond acceptors (Lipinski definition) is 5. The highest BCUT2D eigenvalue weighted by atomic mass is 32.1. The summed E-state index contributed by atoms with van der Waals surface area (Å²) >= 11 is 1.54. The Bertz CT molecular complexity index is 870. The maximum absolute atomic E-state index is 11.4. The largest absolute Gasteiger partial charge is 0.494 e. The Balaban J connectivity index is 1.63. The number of carbonyl (C=O) groups excluding carboxylic acids is 1. The summed E-state index contributed by atoms with van der Waals surface area (Å²) in [6.45, 7) is 4.54. The second-order valence-corrected chi connectivity index (χ2v) is 7.46. The maximum atomic E-state index is 11.4. The van der Waals surface area contributed by atoms with Gasteiger partial charge in [-0.3, -0.25) is 4.79 Å². The number of rotatable bonds is 9. The van der Waals surface area contributed by atoms with E-state index in [1.54, 1.807) is 6.92 Å². The van der Waals surface area contributed by atoms with Crippen molar-refractivity contribution < 1.29 is 9.53 Å². The van der Waals surface area contributed by atoms with Gasteiger partial charge in [-0.1, -0.05) is 61.8 Å². The number of ether oxygens (including phenoxy) is 1. The summed E-state index contributed by atoms with van der Waals surface area (Å²) in [5.41, 5.74) is 2.70. The maximum Gasteiger partial charge on any atom is 0.159 e. The van der Waals surface area contributed by atoms with Crippen LogP contribution in [-0.4, -0.2) is 22.6 Å². The van der Waals surface area contributed by atoms with Crippen LogP contribution in [-0.2, 0) is 0 Å². The molecule has 0 saturated carbocycles. The van der Waals surface area contributed by atoms with E-state index in [0.717, 1.165) is 39.9 Å². The number of unbranched alkanes of at least 4 members (excludes halogenated alkanes) is 3. The number of aromatic nitrogens is 2. The average molecular weight is 381 g/mol. The Hall–Kier alpha value is -2.53. The zero-order valence-electron chi connectivity index (χ0n) is 15.8. The van der Waals surface area contributed by atoms with E-state index < -0.39 is 0 Å². The predicted molar refractivity (Wildman–Crippen MR) is 110 cm³/mol. The van der Waals surface area contributed by atoms with E-state index in [2.05, 4.69) is 17.1 Å². The standard InChI is InChI=1S/C22H24N2O2S/c1-3-4-5-6-15-26-20-13-11-19(12-14-20)22-24-23-21(27-22)18-9-7-17(8-10-18)16(2)25/h7-14H,3-6,15H2,1-2H3. The summed E-state index contributed by atoms with van der Waals surface area (Å²) in [5.74, 6) is 0.951. The van der Waals surface area contributed by atoms with Crippen LogP contribution in [0.25, 0.3) is 21.1 Å². The lowest BCUT2D eigenvalue weighted by Crippen LogP contribution is -1.96. The first-order valence-corrected chi connectivity index (χ1v) is 10.2. The van der Waals surface area contributed by atoms with Gasteiger partial charge in [0, 0.05) is 16.7 Å². The van der Waals surface area contributed by atoms with Crippen molar-refractivity contribution in [1.82, 2.24) is 10.2 Å². The summed E-state index contributed by atoms with van der Waals surface area (Å²) < 4.78 is 5.79. The molecule has 27 heavy (non-hydrogen) atoms. The molecular formula is C22H24N2O2S. The minimum atomic E-state index is 0.0622. The molecule has 0 aliphatic carbocycles. The highest BCUT2D eigenvalue weighted by molar-refractivity contribution is 7.17. The van der Waals surface area contributed by atoms with Gasteiger partial charge in [-0.15, -0.1) is 10.2 Å². The van der Waals surface area contributed by atoms with Crippen molar-refractivity contribution in [3.05, 3.63) is 54.1 Å². The summed E-state index contributed by atoms with van der Waals surface area (Å²) in [6, 6.07) is 15.5. The Morgan fingerprint density at radius 1 is 0.889 bits per heavy atom. The van der Waals surface area contributed by atoms with Crippen LogP contribution in [0.15, 0.2) is 48.5 Å². The molecular weight excluding hydrogens is 356 g/mol. The van der Waals surface area contributed by atoms with Gasteiger partial charge < -0.3 is 4.74 Å². The number of nitrogens with zero attached hydrogens (tertiary/aromatic N) is 2. The number of hydrogen-bond donors (Lipinski definition) is 0. The highest BCUT2D eigenvalue weighted by Gasteiger charge is 2.09. The fourth-order valence-corrected chi connectivity index (χ4v) is 3.57. The third kappa shape index (κ3) is 5.23. The van der Waals surface area contributed by atoms with Crippen molar-refractivity contribution in [3.63, 3.8) is 0 Å². The lowest BCUT2D eigenvalue weighted by atomic mass is 10.1. The van der Waals surface area contributed by atoms with Crippen LogP contribution < -0.4 is 4.74 Å². The van der Waals surface area contributed by atoms with Crippen molar-refractivity contribution in [3.8, 4) is 26.9 Å². The molecule has 0 N–H and O–H groups in total. The zero-order valence-corrected chi connectivity index (χ0v) is 16.6. The van der Waals surface area contributed by atoms with Crippen LogP contribution >= 0.6 is 11.3 Å². The van der Waals surface area contributed by atoms with Crippen LogP contribution in [0.2, 0.25) is 0 Å². The molecule has 0 saturated heterocycles. The van der Waals surface area contributed by atoms with Crippen molar-refractivity contribution in [1.29, 1.82) is 0 Å². The van der Waals surface area contributed by atoms with Crippen molar-refractivity contribution in [2.45, 2.75) is 39.5 Å². The molecule has 140 valence electrons. The van der Waals surface area contributed by atoms with Gasteiger partial charge in [-0.05, 0) is 37.6 Å². The first-order chi connectivity index (χ1) is 13.2. The molecule has 0 aliphatic heterocycles. The van der Waals surface area contributed by atoms with Gasteiger partial charge in [-0.2, -0.15) is 0 Å². The van der Waals surface area contributed by atoms with Gasteiger partial charge in [-0.25, -0.2) is 0 Å². The minimum absolute atomic E-state index is 0.0622. The highest BCUT2D eigenvalue weighted by Crippen LogP contribution is 2.31. The van der Waals surface area contributed by atoms with Gasteiger partial charge in [0.25, 0.3) is 0 Å². The van der Waals surface area contributed by atoms with Crippen molar-refractivity contribution in [2.24, 2.45) is 0 Å². The quantitative estimate of drug-likeness (QED) is 0.336. The number of Topliss-reactive ketones (excluding diaryl/α,β-unsaturated/α-hetero) is 1. The van der Waals surface area contributed by atoms with Gasteiger partial charge in [0.15, 0.2) is 5.78 Å². The van der Waals surface area contributed by atoms with Crippen LogP contribution in [0.1, 0.15) is 49.9 Å². The zero-order chi connectivity index (χ0) is 19.1. The molecule has 0 unspecified atom stereocenters. The van der Waals surface area contributed by atoms with Crippen molar-refractivity contribution >= 4 is 17.1 Å². The van der Waals surface area contributed by atoms with Crippen LogP contribution in [0.3, 0.4) is 0 Å². The lowest BCUT2D eigenvalue weighted by molar-refractivity contribution is 0.101. The molecule has 0 bridgehead atoms. The molecule has 0 aliphatic rings. The van der Waals surface area contributed by atoms with Gasteiger partial charge >= 0.3 is 0 Å². The Morgan fingerprint density at radius 3 is 2.04 bits per heavy atom. The fraction of sp³-hybridized carbons (Fsp3) is 0.318. The second-order valence-electron chi connectivity index (χ2n) is 6.48. The van der Waals surface area contributed by atoms with E-state index in [-0.39, 0.29) is 5.78 Å². The SMILES string of the molecule is CCCCCCOc1ccc(-c2nnc(-c3ccc(C(C)=O)cc3)s2)cc1. The monoisotopic (exact) mass is 380 g/mol. The molecule has 1 heterocycles. The second kappa shape index (κ2) is 9.42. The number of carbonyl (C=O) groups is 1. The van der Waals surface area contributed by atoms with Gasteiger partial charge in [0.1, 0.15) is 15.8 Å². The molecule has 0 amide bonds. The Morgan fingerprint density at radius 2 is 1.48 bits per heavy atom. The van der Waals surface area contributed by atoms with E-state index in [9.17, 15) is 4.79 Å². The lowest BCUT2D eigenvalue weighted by Gasteiger charge is -2.06. The van der Waals surface area contributed by atoms with Gasteiger partial charge in [0.2, 0.25) is 0 Å². The van der Waals surface area contributed by atoms with E-state index in [0.29, 0.717) is 5.56 Å². The van der Waals surface area contributed by atoms with Crippen LogP contribution in [0.5, 0.6) is 5.75 Å². The molecule has 0 spiro atoms. The Kier molecular flexibility index (Phi) is 6.71. The Labute approximate surface area is 164 Å². The summed E-state index contributed by atoms with van der Waals surface area (Å²) in [5, 5.41) is 10.3. The van der Waals surface area contributed by atoms with E-state index >= 15 is 0 Å². The molecule has 0 atom stereocenters. The average Bonchev–Trinajstić information content (AvgIpc) is 3.18. The normalized spacial score (nSPS) is 10.7. The first kappa shape index (κ1) is 19.2. The summed E-state index contributed by atoms with van der Waals surface area (Å²) in [7, 11) is 0. The van der Waals surface area contributed by atoms with Crippen molar-refractivity contribution in [2.75, 3.05) is 6.61 Å². The van der Waals surface area contributed by atoms with E-state index in [1.165, 1.54) is 30.6 Å². The van der Waals surface area contributed by atoms with E-state index in [4.69, 9.17) is 4.74 Å². The fourth-order valence-electron chi connectivity index (χ4n) is 2.72. The molecule has 3 rings (SSSR count). The summed E-state index contributed by atoms with van der Waals surface area (Å²) in [4.78, 5) is 11.4. The molecule has 5 heteroatoms. The molecule has 3 aromatic rings. The molecule has 1 aromatic heterocycles. The van der Waals surface area contributed by atoms with Gasteiger partial charge in [0.05, 0.1) is 6.61 Å².